The summed E-state index contributed by atoms with van der Waals surface area (Å²) in [5.41, 5.74) is 0.967. The minimum absolute atomic E-state index is 0.0146. The number of aliphatic hydroxyl groups is 2. The number of ether oxygens (including phenoxy) is 2. The molecule has 2 saturated heterocycles. The van der Waals surface area contributed by atoms with Crippen molar-refractivity contribution in [2.24, 2.45) is 23.2 Å². The number of carbonyl (C=O) groups excluding carboxylic acids is 2. The van der Waals surface area contributed by atoms with Crippen LogP contribution in [0.3, 0.4) is 0 Å². The van der Waals surface area contributed by atoms with Crippen molar-refractivity contribution >= 4 is 11.9 Å². The highest BCUT2D eigenvalue weighted by molar-refractivity contribution is 5.97. The van der Waals surface area contributed by atoms with Gasteiger partial charge in [-0.05, 0) is 42.9 Å². The average Bonchev–Trinajstić information content (AvgIpc) is 3.21. The van der Waals surface area contributed by atoms with E-state index in [-0.39, 0.29) is 5.92 Å². The summed E-state index contributed by atoms with van der Waals surface area (Å²) >= 11 is 0. The van der Waals surface area contributed by atoms with Crippen LogP contribution in [0.25, 0.3) is 0 Å². The van der Waals surface area contributed by atoms with Gasteiger partial charge < -0.3 is 19.7 Å². The maximum absolute atomic E-state index is 11.8. The molecule has 2 heterocycles. The zero-order chi connectivity index (χ0) is 17.5. The maximum atomic E-state index is 11.8. The molecule has 0 bridgehead atoms. The Hall–Kier alpha value is -2.00. The van der Waals surface area contributed by atoms with E-state index in [4.69, 9.17) is 4.74 Å². The van der Waals surface area contributed by atoms with Gasteiger partial charge in [-0.25, -0.2) is 5.06 Å². The van der Waals surface area contributed by atoms with Crippen LogP contribution in [0.15, 0.2) is 35.2 Å². The van der Waals surface area contributed by atoms with Gasteiger partial charge in [-0.15, -0.1) is 0 Å². The van der Waals surface area contributed by atoms with Gasteiger partial charge in [-0.3, -0.25) is 14.8 Å². The lowest BCUT2D eigenvalue weighted by Crippen LogP contribution is -2.28. The number of hydroxylamine groups is 2. The monoisotopic (exact) mass is 347 g/mol. The fourth-order valence-corrected chi connectivity index (χ4v) is 4.54. The van der Waals surface area contributed by atoms with Crippen molar-refractivity contribution in [3.8, 4) is 0 Å². The molecule has 0 aromatic carbocycles. The van der Waals surface area contributed by atoms with Gasteiger partial charge >= 0.3 is 11.9 Å². The molecule has 6 unspecified atom stereocenters. The smallest absolute Gasteiger partial charge is 0.321 e. The molecule has 25 heavy (non-hydrogen) atoms. The Balaban J connectivity index is 1.44. The van der Waals surface area contributed by atoms with E-state index in [0.29, 0.717) is 36.2 Å². The molecule has 3 fully saturated rings. The van der Waals surface area contributed by atoms with Gasteiger partial charge in [0.2, 0.25) is 0 Å². The fourth-order valence-electron chi connectivity index (χ4n) is 4.54. The molecule has 0 radical (unpaired) electrons. The molecule has 3 aliphatic carbocycles. The minimum Gasteiger partial charge on any atom is -0.392 e. The summed E-state index contributed by atoms with van der Waals surface area (Å²) in [4.78, 5) is 23.4. The molecule has 0 aromatic rings. The lowest BCUT2D eigenvalue weighted by molar-refractivity contribution is -0.169. The van der Waals surface area contributed by atoms with Crippen LogP contribution in [0.4, 0.5) is 0 Å². The highest BCUT2D eigenvalue weighted by Crippen LogP contribution is 2.67. The van der Waals surface area contributed by atoms with Crippen LogP contribution >= 0.6 is 0 Å². The molecular weight excluding hydrogens is 330 g/mol. The van der Waals surface area contributed by atoms with Crippen LogP contribution in [0.2, 0.25) is 0 Å². The molecular formula is C17H17NO7. The minimum atomic E-state index is -1.19. The van der Waals surface area contributed by atoms with Gasteiger partial charge in [-0.1, -0.05) is 6.08 Å². The molecule has 3 N–H and O–H groups in total. The van der Waals surface area contributed by atoms with Crippen LogP contribution < -0.4 is 0 Å². The van der Waals surface area contributed by atoms with Crippen LogP contribution in [0, 0.1) is 23.2 Å². The van der Waals surface area contributed by atoms with Crippen molar-refractivity contribution in [2.45, 2.75) is 31.8 Å². The third kappa shape index (κ3) is 1.90. The Morgan fingerprint density at radius 1 is 1.20 bits per heavy atom. The number of hydrogen-bond donors (Lipinski definition) is 3. The largest absolute Gasteiger partial charge is 0.392 e. The lowest BCUT2D eigenvalue weighted by atomic mass is 9.84. The Morgan fingerprint density at radius 2 is 2.00 bits per heavy atom. The van der Waals surface area contributed by atoms with Gasteiger partial charge in [0.05, 0.1) is 22.9 Å². The number of fused-ring (bicyclic) bond motifs is 1. The molecule has 8 heteroatoms. The van der Waals surface area contributed by atoms with E-state index < -0.39 is 41.8 Å². The van der Waals surface area contributed by atoms with E-state index in [0.717, 1.165) is 5.06 Å². The third-order valence-electron chi connectivity index (χ3n) is 6.05. The zero-order valence-corrected chi connectivity index (χ0v) is 13.2. The van der Waals surface area contributed by atoms with E-state index in [9.17, 15) is 25.0 Å². The van der Waals surface area contributed by atoms with Gasteiger partial charge in [0.25, 0.3) is 0 Å². The van der Waals surface area contributed by atoms with Crippen LogP contribution in [0.5, 0.6) is 0 Å². The summed E-state index contributed by atoms with van der Waals surface area (Å²) in [5, 5.41) is 31.6. The molecule has 132 valence electrons. The highest BCUT2D eigenvalue weighted by atomic mass is 16.7. The predicted molar refractivity (Wildman–Crippen MR) is 78.8 cm³/mol. The topological polar surface area (TPSA) is 117 Å². The first-order valence-electron chi connectivity index (χ1n) is 8.32. The highest BCUT2D eigenvalue weighted by Gasteiger charge is 2.68. The second-order valence-corrected chi connectivity index (χ2v) is 7.26. The Morgan fingerprint density at radius 3 is 2.80 bits per heavy atom. The fraction of sp³-hybridized carbons (Fsp3) is 0.529. The molecule has 0 aromatic heterocycles. The SMILES string of the molecule is O=C1OC(=O)C2CCC(N(O)C3=CC4CC45C(=C3)C(O)OC5O)=CC12. The van der Waals surface area contributed by atoms with Crippen molar-refractivity contribution < 1.29 is 34.5 Å². The molecule has 5 aliphatic rings. The first-order valence-corrected chi connectivity index (χ1v) is 8.32. The van der Waals surface area contributed by atoms with E-state index in [1.807, 2.05) is 6.08 Å². The summed E-state index contributed by atoms with van der Waals surface area (Å²) in [7, 11) is 0. The Labute approximate surface area is 142 Å². The standard InChI is InChI=1S/C17H17NO7/c19-13-10-2-1-8(4-11(10)14(20)24-13)18(23)9-3-7-6-17(7)12(5-9)15(21)25-16(17)22/h3-5,7,10-11,15-16,21-23H,1-2,6H2. The van der Waals surface area contributed by atoms with Gasteiger partial charge in [0.1, 0.15) is 0 Å². The Kier molecular flexibility index (Phi) is 2.93. The number of rotatable bonds is 2. The van der Waals surface area contributed by atoms with Gasteiger partial charge in [0.15, 0.2) is 12.6 Å². The molecule has 1 saturated carbocycles. The van der Waals surface area contributed by atoms with Crippen LogP contribution in [-0.4, -0.2) is 45.0 Å². The number of esters is 2. The lowest BCUT2D eigenvalue weighted by Gasteiger charge is -2.29. The number of allylic oxidation sites excluding steroid dienone is 3. The second kappa shape index (κ2) is 4.79. The number of cyclic esters (lactones) is 2. The van der Waals surface area contributed by atoms with Gasteiger partial charge in [-0.2, -0.15) is 0 Å². The third-order valence-corrected chi connectivity index (χ3v) is 6.05. The van der Waals surface area contributed by atoms with Crippen molar-refractivity contribution in [1.82, 2.24) is 5.06 Å². The van der Waals surface area contributed by atoms with E-state index in [1.165, 1.54) is 0 Å². The zero-order valence-electron chi connectivity index (χ0n) is 13.2. The first kappa shape index (κ1) is 15.3. The molecule has 1 spiro atoms. The summed E-state index contributed by atoms with van der Waals surface area (Å²) in [6.07, 6.45) is 4.30. The number of nitrogens with zero attached hydrogens (tertiary/aromatic N) is 1. The number of aliphatic hydroxyl groups excluding tert-OH is 2. The van der Waals surface area contributed by atoms with Crippen molar-refractivity contribution in [3.05, 3.63) is 35.2 Å². The summed E-state index contributed by atoms with van der Waals surface area (Å²) in [5.74, 6) is -2.24. The van der Waals surface area contributed by atoms with Crippen molar-refractivity contribution in [1.29, 1.82) is 0 Å². The van der Waals surface area contributed by atoms with Crippen molar-refractivity contribution in [2.75, 3.05) is 0 Å². The average molecular weight is 347 g/mol. The van der Waals surface area contributed by atoms with E-state index in [1.54, 1.807) is 12.2 Å². The normalized spacial score (nSPS) is 44.1. The summed E-state index contributed by atoms with van der Waals surface area (Å²) in [6, 6.07) is 0. The Bertz CT molecular complexity index is 784. The second-order valence-electron chi connectivity index (χ2n) is 7.26. The molecule has 8 nitrogen and oxygen atoms in total. The van der Waals surface area contributed by atoms with Crippen LogP contribution in [0.1, 0.15) is 19.3 Å². The molecule has 2 aliphatic heterocycles. The molecule has 0 amide bonds. The summed E-state index contributed by atoms with van der Waals surface area (Å²) < 4.78 is 9.77. The molecule has 6 atom stereocenters. The number of carbonyl (C=O) groups is 2. The van der Waals surface area contributed by atoms with E-state index >= 15 is 0 Å². The predicted octanol–water partition coefficient (Wildman–Crippen LogP) is 0.168. The van der Waals surface area contributed by atoms with Crippen LogP contribution in [-0.2, 0) is 19.1 Å². The maximum Gasteiger partial charge on any atom is 0.321 e. The quantitative estimate of drug-likeness (QED) is 0.368. The van der Waals surface area contributed by atoms with Crippen molar-refractivity contribution in [3.63, 3.8) is 0 Å². The summed E-state index contributed by atoms with van der Waals surface area (Å²) in [6.45, 7) is 0. The van der Waals surface area contributed by atoms with Gasteiger partial charge in [0, 0.05) is 5.70 Å². The molecule has 5 rings (SSSR count). The first-order chi connectivity index (χ1) is 11.9. The number of hydrogen-bond acceptors (Lipinski definition) is 8. The van der Waals surface area contributed by atoms with E-state index in [2.05, 4.69) is 4.74 Å².